The summed E-state index contributed by atoms with van der Waals surface area (Å²) in [6.45, 7) is 4.39. The van der Waals surface area contributed by atoms with Crippen molar-refractivity contribution in [3.8, 4) is 22.3 Å². The van der Waals surface area contributed by atoms with Crippen LogP contribution in [-0.4, -0.2) is 0 Å². The van der Waals surface area contributed by atoms with Gasteiger partial charge in [0.1, 0.15) is 22.3 Å². The molecule has 0 radical (unpaired) electrons. The van der Waals surface area contributed by atoms with E-state index in [2.05, 4.69) is 244 Å². The van der Waals surface area contributed by atoms with E-state index in [1.54, 1.807) is 0 Å². The lowest BCUT2D eigenvalue weighted by Crippen LogP contribution is -2.08. The van der Waals surface area contributed by atoms with Crippen LogP contribution >= 0.6 is 0 Å². The van der Waals surface area contributed by atoms with Gasteiger partial charge in [0.25, 0.3) is 0 Å². The average Bonchev–Trinajstić information content (AvgIpc) is 3.99. The number of furan rings is 2. The van der Waals surface area contributed by atoms with E-state index in [-0.39, 0.29) is 11.8 Å². The predicted molar refractivity (Wildman–Crippen MR) is 293 cm³/mol. The van der Waals surface area contributed by atoms with Gasteiger partial charge in [0.05, 0.1) is 0 Å². The highest BCUT2D eigenvalue weighted by Gasteiger charge is 2.30. The van der Waals surface area contributed by atoms with Gasteiger partial charge in [-0.3, -0.25) is 0 Å². The zero-order chi connectivity index (χ0) is 46.5. The summed E-state index contributed by atoms with van der Waals surface area (Å²) in [6.07, 6.45) is 0. The third-order valence-electron chi connectivity index (χ3n) is 15.0. The fourth-order valence-corrected chi connectivity index (χ4v) is 12.0. The molecule has 0 spiro atoms. The molecule has 0 fully saturated rings. The second kappa shape index (κ2) is 15.9. The van der Waals surface area contributed by atoms with Crippen LogP contribution in [0.1, 0.15) is 56.3 Å². The Morgan fingerprint density at radius 1 is 0.286 bits per heavy atom. The second-order valence-electron chi connectivity index (χ2n) is 19.2. The maximum atomic E-state index is 6.91. The highest BCUT2D eigenvalue weighted by atomic mass is 16.3. The van der Waals surface area contributed by atoms with Crippen LogP contribution in [0.2, 0.25) is 0 Å². The molecule has 14 aromatic rings. The summed E-state index contributed by atoms with van der Waals surface area (Å²) in [7, 11) is 0. The molecule has 2 aromatic heterocycles. The molecule has 0 N–H and O–H groups in total. The van der Waals surface area contributed by atoms with Gasteiger partial charge in [-0.1, -0.05) is 217 Å². The Morgan fingerprint density at radius 3 is 1.11 bits per heavy atom. The van der Waals surface area contributed by atoms with E-state index in [0.29, 0.717) is 0 Å². The summed E-state index contributed by atoms with van der Waals surface area (Å²) in [6, 6.07) is 85.0. The van der Waals surface area contributed by atoms with Crippen molar-refractivity contribution in [2.75, 3.05) is 0 Å². The average molecular weight is 895 g/mol. The SMILES string of the molecule is Cc1cccc(-c2cc(C(c3ccccc3)c3cccc4c3oc3ccccc34)c3ccc4c(-c5cccc(C)c5)cc(C(c5ccccc5)c5cccc6c5oc5ccccc56)c5ccc2c3c45)c1. The maximum Gasteiger partial charge on any atom is 0.139 e. The minimum Gasteiger partial charge on any atom is -0.456 e. The molecule has 0 aliphatic rings. The van der Waals surface area contributed by atoms with Crippen LogP contribution in [0.3, 0.4) is 0 Å². The Bertz CT molecular complexity index is 4040. The first-order chi connectivity index (χ1) is 34.6. The number of hydrogen-bond donors (Lipinski definition) is 0. The lowest BCUT2D eigenvalue weighted by molar-refractivity contribution is 0.661. The third kappa shape index (κ3) is 6.26. The van der Waals surface area contributed by atoms with Crippen LogP contribution < -0.4 is 0 Å². The molecule has 0 saturated heterocycles. The molecule has 0 amide bonds. The molecule has 2 nitrogen and oxygen atoms in total. The first-order valence-corrected chi connectivity index (χ1v) is 24.4. The van der Waals surface area contributed by atoms with Crippen LogP contribution in [0, 0.1) is 13.8 Å². The van der Waals surface area contributed by atoms with E-state index in [4.69, 9.17) is 8.83 Å². The monoisotopic (exact) mass is 894 g/mol. The van der Waals surface area contributed by atoms with Crippen LogP contribution in [-0.2, 0) is 0 Å². The lowest BCUT2D eigenvalue weighted by atomic mass is 9.75. The molecule has 70 heavy (non-hydrogen) atoms. The fraction of sp³-hybridized carbons (Fsp3) is 0.0588. The van der Waals surface area contributed by atoms with E-state index in [0.717, 1.165) is 55.0 Å². The van der Waals surface area contributed by atoms with Crippen molar-refractivity contribution in [3.05, 3.63) is 275 Å². The van der Waals surface area contributed by atoms with Crippen molar-refractivity contribution in [1.29, 1.82) is 0 Å². The summed E-state index contributed by atoms with van der Waals surface area (Å²) >= 11 is 0. The van der Waals surface area contributed by atoms with Gasteiger partial charge in [-0.2, -0.15) is 0 Å². The first-order valence-electron chi connectivity index (χ1n) is 24.4. The number of para-hydroxylation sites is 4. The van der Waals surface area contributed by atoms with Crippen molar-refractivity contribution in [2.45, 2.75) is 25.7 Å². The van der Waals surface area contributed by atoms with Gasteiger partial charge in [0, 0.05) is 44.5 Å². The fourth-order valence-electron chi connectivity index (χ4n) is 12.0. The molecule has 0 aliphatic heterocycles. The second-order valence-corrected chi connectivity index (χ2v) is 19.2. The van der Waals surface area contributed by atoms with Gasteiger partial charge >= 0.3 is 0 Å². The normalized spacial score (nSPS) is 12.9. The number of fused-ring (bicyclic) bond motifs is 6. The Balaban J connectivity index is 1.15. The van der Waals surface area contributed by atoms with Crippen molar-refractivity contribution < 1.29 is 8.83 Å². The Hall–Kier alpha value is -8.72. The van der Waals surface area contributed by atoms with Gasteiger partial charge in [-0.15, -0.1) is 0 Å². The molecule has 2 unspecified atom stereocenters. The largest absolute Gasteiger partial charge is 0.456 e. The van der Waals surface area contributed by atoms with Crippen molar-refractivity contribution >= 4 is 76.2 Å². The minimum atomic E-state index is -0.156. The number of hydrogen-bond acceptors (Lipinski definition) is 2. The highest BCUT2D eigenvalue weighted by molar-refractivity contribution is 6.29. The topological polar surface area (TPSA) is 26.3 Å². The molecular weight excluding hydrogens is 849 g/mol. The van der Waals surface area contributed by atoms with Crippen LogP contribution in [0.5, 0.6) is 0 Å². The Kier molecular flexibility index (Phi) is 9.19. The highest BCUT2D eigenvalue weighted by Crippen LogP contribution is 2.52. The molecule has 0 bridgehead atoms. The smallest absolute Gasteiger partial charge is 0.139 e. The molecule has 0 saturated carbocycles. The van der Waals surface area contributed by atoms with Crippen LogP contribution in [0.15, 0.2) is 239 Å². The number of benzene rings is 12. The van der Waals surface area contributed by atoms with Crippen molar-refractivity contribution in [2.24, 2.45) is 0 Å². The van der Waals surface area contributed by atoms with Crippen molar-refractivity contribution in [1.82, 2.24) is 0 Å². The molecular formula is C68H46O2. The zero-order valence-electron chi connectivity index (χ0n) is 38.9. The zero-order valence-corrected chi connectivity index (χ0v) is 38.9. The summed E-state index contributed by atoms with van der Waals surface area (Å²) in [4.78, 5) is 0. The minimum absolute atomic E-state index is 0.156. The van der Waals surface area contributed by atoms with Gasteiger partial charge in [-0.25, -0.2) is 0 Å². The van der Waals surface area contributed by atoms with Gasteiger partial charge in [0.15, 0.2) is 0 Å². The lowest BCUT2D eigenvalue weighted by Gasteiger charge is -2.27. The predicted octanol–water partition coefficient (Wildman–Crippen LogP) is 18.7. The summed E-state index contributed by atoms with van der Waals surface area (Å²) in [5.74, 6) is -0.311. The van der Waals surface area contributed by atoms with Crippen LogP contribution in [0.25, 0.3) is 98.4 Å². The van der Waals surface area contributed by atoms with Gasteiger partial charge in [-0.05, 0) is 115 Å². The quantitative estimate of drug-likeness (QED) is 0.112. The maximum absolute atomic E-state index is 6.91. The number of rotatable bonds is 8. The standard InChI is InChI=1S/C68H46O2/c1-41-17-13-23-45(37-41)57-39-59(63(43-19-5-3-6-20-43)55-29-15-27-53-47-25-9-11-31-61(47)69-67(53)55)51-36-34-50-58(46-24-14-18-42(2)38-46)40-60(52-35-33-49(57)65(51)66(50)52)64(44-21-7-4-8-22-44)56-30-16-28-54-48-26-10-12-32-62(48)70-68(54)56/h3-40,63-64H,1-2H3. The van der Waals surface area contributed by atoms with E-state index >= 15 is 0 Å². The van der Waals surface area contributed by atoms with Crippen LogP contribution in [0.4, 0.5) is 0 Å². The molecule has 2 atom stereocenters. The molecule has 2 heteroatoms. The van der Waals surface area contributed by atoms with E-state index in [1.807, 2.05) is 0 Å². The molecule has 330 valence electrons. The van der Waals surface area contributed by atoms with E-state index < -0.39 is 0 Å². The molecule has 12 aromatic carbocycles. The van der Waals surface area contributed by atoms with Gasteiger partial charge in [0.2, 0.25) is 0 Å². The van der Waals surface area contributed by atoms with E-state index in [1.165, 1.54) is 88.0 Å². The molecule has 14 rings (SSSR count). The number of aryl methyl sites for hydroxylation is 2. The summed E-state index contributed by atoms with van der Waals surface area (Å²) in [5.41, 5.74) is 18.1. The third-order valence-corrected chi connectivity index (χ3v) is 15.0. The van der Waals surface area contributed by atoms with Gasteiger partial charge < -0.3 is 8.83 Å². The molecule has 2 heterocycles. The Morgan fingerprint density at radius 2 is 0.671 bits per heavy atom. The first kappa shape index (κ1) is 40.4. The van der Waals surface area contributed by atoms with E-state index in [9.17, 15) is 0 Å². The summed E-state index contributed by atoms with van der Waals surface area (Å²) in [5, 5.41) is 12.0. The molecule has 0 aliphatic carbocycles. The summed E-state index contributed by atoms with van der Waals surface area (Å²) < 4.78 is 13.8. The Labute approximate surface area is 406 Å². The van der Waals surface area contributed by atoms with Crippen molar-refractivity contribution in [3.63, 3.8) is 0 Å².